The fourth-order valence-corrected chi connectivity index (χ4v) is 2.89. The minimum Gasteiger partial charge on any atom is -0.497 e. The zero-order chi connectivity index (χ0) is 15.9. The van der Waals surface area contributed by atoms with Crippen LogP contribution in [0.2, 0.25) is 0 Å². The Morgan fingerprint density at radius 1 is 1.38 bits per heavy atom. The van der Waals surface area contributed by atoms with Gasteiger partial charge in [-0.2, -0.15) is 0 Å². The van der Waals surface area contributed by atoms with Gasteiger partial charge in [0, 0.05) is 31.3 Å². The first-order chi connectivity index (χ1) is 9.88. The fraction of sp³-hybridized carbons (Fsp3) is 0.571. The highest BCUT2D eigenvalue weighted by Gasteiger charge is 2.13. The lowest BCUT2D eigenvalue weighted by Gasteiger charge is -2.17. The van der Waals surface area contributed by atoms with E-state index in [9.17, 15) is 12.8 Å². The molecule has 0 unspecified atom stereocenters. The molecule has 5 nitrogen and oxygen atoms in total. The number of halogens is 1. The molecule has 7 heteroatoms. The van der Waals surface area contributed by atoms with Crippen molar-refractivity contribution in [3.63, 3.8) is 0 Å². The van der Waals surface area contributed by atoms with Gasteiger partial charge >= 0.3 is 0 Å². The van der Waals surface area contributed by atoms with Gasteiger partial charge in [0.05, 0.1) is 13.4 Å². The van der Waals surface area contributed by atoms with E-state index in [2.05, 4.69) is 5.32 Å². The summed E-state index contributed by atoms with van der Waals surface area (Å²) in [6.07, 6.45) is 1.88. The molecule has 0 atom stereocenters. The van der Waals surface area contributed by atoms with Crippen LogP contribution in [0.4, 0.5) is 4.39 Å². The molecule has 0 aliphatic carbocycles. The highest BCUT2D eigenvalue weighted by Crippen LogP contribution is 2.15. The van der Waals surface area contributed by atoms with Crippen LogP contribution in [-0.4, -0.2) is 45.7 Å². The summed E-state index contributed by atoms with van der Waals surface area (Å²) in [6.45, 7) is 3.76. The molecule has 1 rings (SSSR count). The number of nitrogens with zero attached hydrogens (tertiary/aromatic N) is 1. The van der Waals surface area contributed by atoms with E-state index < -0.39 is 10.0 Å². The number of nitrogens with one attached hydrogen (secondary N) is 1. The fourth-order valence-electron chi connectivity index (χ4n) is 1.96. The number of hydrogen-bond acceptors (Lipinski definition) is 4. The summed E-state index contributed by atoms with van der Waals surface area (Å²) in [7, 11) is -1.64. The van der Waals surface area contributed by atoms with Gasteiger partial charge in [0.15, 0.2) is 0 Å². The Balaban J connectivity index is 2.35. The lowest BCUT2D eigenvalue weighted by molar-refractivity contribution is 0.410. The molecule has 1 N–H and O–H groups in total. The third-order valence-corrected chi connectivity index (χ3v) is 4.54. The first kappa shape index (κ1) is 17.9. The van der Waals surface area contributed by atoms with E-state index in [1.807, 2.05) is 0 Å². The van der Waals surface area contributed by atoms with Gasteiger partial charge < -0.3 is 10.1 Å². The largest absolute Gasteiger partial charge is 0.497 e. The minimum atomic E-state index is -3.14. The van der Waals surface area contributed by atoms with Crippen molar-refractivity contribution >= 4 is 10.0 Å². The standard InChI is InChI=1S/C14H23FN2O3S/c1-4-17(21(3,18)19)9-5-8-16-11-12-6-7-13(20-2)10-14(12)15/h6-7,10,16H,4-5,8-9,11H2,1-3H3. The van der Waals surface area contributed by atoms with E-state index in [-0.39, 0.29) is 5.82 Å². The highest BCUT2D eigenvalue weighted by atomic mass is 32.2. The average Bonchev–Trinajstić information content (AvgIpc) is 2.42. The molecule has 0 aliphatic rings. The summed E-state index contributed by atoms with van der Waals surface area (Å²) in [5, 5.41) is 3.11. The molecular weight excluding hydrogens is 295 g/mol. The number of sulfonamides is 1. The van der Waals surface area contributed by atoms with Crippen molar-refractivity contribution in [2.24, 2.45) is 0 Å². The molecule has 0 aromatic heterocycles. The Kier molecular flexibility index (Phi) is 7.07. The van der Waals surface area contributed by atoms with Gasteiger partial charge in [-0.1, -0.05) is 13.0 Å². The normalized spacial score (nSPS) is 11.9. The molecule has 21 heavy (non-hydrogen) atoms. The summed E-state index contributed by atoms with van der Waals surface area (Å²) in [5.41, 5.74) is 0.561. The maximum Gasteiger partial charge on any atom is 0.211 e. The smallest absolute Gasteiger partial charge is 0.211 e. The molecule has 0 spiro atoms. The monoisotopic (exact) mass is 318 g/mol. The summed E-state index contributed by atoms with van der Waals surface area (Å²) in [4.78, 5) is 0. The topological polar surface area (TPSA) is 58.6 Å². The van der Waals surface area contributed by atoms with Crippen LogP contribution < -0.4 is 10.1 Å². The molecule has 0 saturated heterocycles. The van der Waals surface area contributed by atoms with Crippen molar-refractivity contribution < 1.29 is 17.5 Å². The lowest BCUT2D eigenvalue weighted by Crippen LogP contribution is -2.32. The Hall–Kier alpha value is -1.18. The van der Waals surface area contributed by atoms with Crippen LogP contribution in [0.5, 0.6) is 5.75 Å². The van der Waals surface area contributed by atoms with Gasteiger partial charge in [-0.05, 0) is 19.0 Å². The zero-order valence-corrected chi connectivity index (χ0v) is 13.5. The van der Waals surface area contributed by atoms with Crippen molar-refractivity contribution in [1.82, 2.24) is 9.62 Å². The molecule has 120 valence electrons. The molecular formula is C14H23FN2O3S. The second-order valence-corrected chi connectivity index (χ2v) is 6.72. The van der Waals surface area contributed by atoms with Crippen molar-refractivity contribution in [3.05, 3.63) is 29.6 Å². The van der Waals surface area contributed by atoms with Crippen molar-refractivity contribution in [3.8, 4) is 5.75 Å². The first-order valence-electron chi connectivity index (χ1n) is 6.86. The molecule has 0 bridgehead atoms. The van der Waals surface area contributed by atoms with Crippen LogP contribution in [0.25, 0.3) is 0 Å². The third-order valence-electron chi connectivity index (χ3n) is 3.16. The Bertz CT molecular complexity index is 549. The minimum absolute atomic E-state index is 0.312. The van der Waals surface area contributed by atoms with Gasteiger partial charge in [-0.3, -0.25) is 0 Å². The van der Waals surface area contributed by atoms with E-state index in [1.54, 1.807) is 19.1 Å². The van der Waals surface area contributed by atoms with E-state index in [4.69, 9.17) is 4.74 Å². The number of ether oxygens (including phenoxy) is 1. The number of rotatable bonds is 9. The molecule has 0 amide bonds. The lowest BCUT2D eigenvalue weighted by atomic mass is 10.2. The molecule has 0 fully saturated rings. The van der Waals surface area contributed by atoms with Crippen molar-refractivity contribution in [2.45, 2.75) is 19.9 Å². The van der Waals surface area contributed by atoms with Crippen molar-refractivity contribution in [2.75, 3.05) is 33.0 Å². The molecule has 0 radical (unpaired) electrons. The van der Waals surface area contributed by atoms with E-state index in [0.29, 0.717) is 43.9 Å². The number of benzene rings is 1. The third kappa shape index (κ3) is 5.99. The van der Waals surface area contributed by atoms with Gasteiger partial charge in [0.25, 0.3) is 0 Å². The van der Waals surface area contributed by atoms with Gasteiger partial charge in [-0.25, -0.2) is 17.1 Å². The maximum atomic E-state index is 13.7. The number of methoxy groups -OCH3 is 1. The average molecular weight is 318 g/mol. The predicted octanol–water partition coefficient (Wildman–Crippen LogP) is 1.60. The van der Waals surface area contributed by atoms with Crippen LogP contribution in [0, 0.1) is 5.82 Å². The zero-order valence-electron chi connectivity index (χ0n) is 12.7. The van der Waals surface area contributed by atoms with E-state index in [0.717, 1.165) is 0 Å². The van der Waals surface area contributed by atoms with Crippen LogP contribution in [0.1, 0.15) is 18.9 Å². The summed E-state index contributed by atoms with van der Waals surface area (Å²) in [6, 6.07) is 4.73. The van der Waals surface area contributed by atoms with Gasteiger partial charge in [-0.15, -0.1) is 0 Å². The van der Waals surface area contributed by atoms with E-state index in [1.165, 1.54) is 23.7 Å². The molecule has 1 aromatic rings. The second-order valence-electron chi connectivity index (χ2n) is 4.74. The maximum absolute atomic E-state index is 13.7. The molecule has 0 aliphatic heterocycles. The van der Waals surface area contributed by atoms with Crippen LogP contribution in [0.3, 0.4) is 0 Å². The summed E-state index contributed by atoms with van der Waals surface area (Å²) in [5.74, 6) is 0.177. The van der Waals surface area contributed by atoms with E-state index >= 15 is 0 Å². The van der Waals surface area contributed by atoms with Crippen LogP contribution in [-0.2, 0) is 16.6 Å². The number of hydrogen-bond donors (Lipinski definition) is 1. The van der Waals surface area contributed by atoms with Crippen LogP contribution >= 0.6 is 0 Å². The van der Waals surface area contributed by atoms with Gasteiger partial charge in [0.1, 0.15) is 11.6 Å². The summed E-state index contributed by atoms with van der Waals surface area (Å²) >= 11 is 0. The summed E-state index contributed by atoms with van der Waals surface area (Å²) < 4.78 is 42.8. The Morgan fingerprint density at radius 3 is 2.62 bits per heavy atom. The second kappa shape index (κ2) is 8.31. The molecule has 0 heterocycles. The first-order valence-corrected chi connectivity index (χ1v) is 8.71. The van der Waals surface area contributed by atoms with Crippen molar-refractivity contribution in [1.29, 1.82) is 0 Å². The highest BCUT2D eigenvalue weighted by molar-refractivity contribution is 7.88. The van der Waals surface area contributed by atoms with Crippen LogP contribution in [0.15, 0.2) is 18.2 Å². The molecule has 1 aromatic carbocycles. The molecule has 0 saturated carbocycles. The quantitative estimate of drug-likeness (QED) is 0.703. The SMILES string of the molecule is CCN(CCCNCc1ccc(OC)cc1F)S(C)(=O)=O. The Labute approximate surface area is 126 Å². The van der Waals surface area contributed by atoms with Gasteiger partial charge in [0.2, 0.25) is 10.0 Å². The Morgan fingerprint density at radius 2 is 2.10 bits per heavy atom. The predicted molar refractivity (Wildman–Crippen MR) is 81.4 cm³/mol.